The van der Waals surface area contributed by atoms with Crippen LogP contribution < -0.4 is 22.5 Å². The molecule has 0 spiro atoms. The van der Waals surface area contributed by atoms with Gasteiger partial charge in [-0.3, -0.25) is 19.4 Å². The van der Waals surface area contributed by atoms with Gasteiger partial charge in [-0.1, -0.05) is 30.3 Å². The van der Waals surface area contributed by atoms with E-state index in [1.54, 1.807) is 0 Å². The van der Waals surface area contributed by atoms with Gasteiger partial charge in [-0.2, -0.15) is 0 Å². The van der Waals surface area contributed by atoms with Crippen molar-refractivity contribution in [3.8, 4) is 0 Å². The smallest absolute Gasteiger partial charge is 0.326 e. The molecule has 2 saturated heterocycles. The third-order valence-corrected chi connectivity index (χ3v) is 6.84. The van der Waals surface area contributed by atoms with Crippen LogP contribution in [0.5, 0.6) is 0 Å². The fourth-order valence-corrected chi connectivity index (χ4v) is 4.96. The maximum Gasteiger partial charge on any atom is 0.326 e. The summed E-state index contributed by atoms with van der Waals surface area (Å²) in [7, 11) is 0. The topological polar surface area (TPSA) is 197 Å². The van der Waals surface area contributed by atoms with Crippen LogP contribution in [0.15, 0.2) is 35.3 Å². The summed E-state index contributed by atoms with van der Waals surface area (Å²) in [5.41, 5.74) is 17.6. The Kier molecular flexibility index (Phi) is 9.84. The summed E-state index contributed by atoms with van der Waals surface area (Å²) in [5, 5.41) is 12.4. The van der Waals surface area contributed by atoms with Gasteiger partial charge in [0.1, 0.15) is 18.1 Å². The Morgan fingerprint density at radius 1 is 1.00 bits per heavy atom. The molecule has 0 aromatic heterocycles. The minimum atomic E-state index is -1.06. The lowest BCUT2D eigenvalue weighted by molar-refractivity contribution is -0.149. The molecule has 12 nitrogen and oxygen atoms in total. The van der Waals surface area contributed by atoms with E-state index in [1.165, 1.54) is 9.80 Å². The number of likely N-dealkylation sites (tertiary alicyclic amines) is 2. The van der Waals surface area contributed by atoms with E-state index < -0.39 is 42.0 Å². The van der Waals surface area contributed by atoms with Crippen molar-refractivity contribution in [2.45, 2.75) is 69.1 Å². The summed E-state index contributed by atoms with van der Waals surface area (Å²) in [4.78, 5) is 58.2. The van der Waals surface area contributed by atoms with Gasteiger partial charge in [0.05, 0.1) is 6.04 Å². The summed E-state index contributed by atoms with van der Waals surface area (Å²) >= 11 is 0. The number of carbonyl (C=O) groups excluding carboxylic acids is 3. The van der Waals surface area contributed by atoms with E-state index in [9.17, 15) is 24.3 Å². The Bertz CT molecular complexity index is 998. The van der Waals surface area contributed by atoms with Gasteiger partial charge in [0.15, 0.2) is 5.96 Å². The summed E-state index contributed by atoms with van der Waals surface area (Å²) in [6.45, 7) is 1.06. The van der Waals surface area contributed by atoms with Crippen molar-refractivity contribution in [1.82, 2.24) is 15.1 Å². The maximum absolute atomic E-state index is 13.5. The number of benzene rings is 1. The monoisotopic (exact) mass is 515 g/mol. The van der Waals surface area contributed by atoms with Gasteiger partial charge in [-0.25, -0.2) is 4.79 Å². The Hall–Kier alpha value is -3.67. The molecule has 2 aliphatic heterocycles. The number of amides is 3. The SMILES string of the molecule is NC(N)=NCCCC(N)C(=O)N1CCCC1C(=O)NC(Cc1ccccc1)C(=O)N1CCCC1C(=O)O. The number of rotatable bonds is 11. The first kappa shape index (κ1) is 27.9. The first-order valence-corrected chi connectivity index (χ1v) is 12.7. The molecule has 8 N–H and O–H groups in total. The number of nitrogens with zero attached hydrogens (tertiary/aromatic N) is 3. The largest absolute Gasteiger partial charge is 0.480 e. The van der Waals surface area contributed by atoms with Crippen LogP contribution in [0.25, 0.3) is 0 Å². The average molecular weight is 516 g/mol. The van der Waals surface area contributed by atoms with Gasteiger partial charge in [-0.05, 0) is 44.1 Å². The van der Waals surface area contributed by atoms with E-state index in [0.29, 0.717) is 58.2 Å². The van der Waals surface area contributed by atoms with E-state index in [2.05, 4.69) is 10.3 Å². The van der Waals surface area contributed by atoms with Gasteiger partial charge in [0, 0.05) is 26.1 Å². The van der Waals surface area contributed by atoms with Gasteiger partial charge >= 0.3 is 5.97 Å². The van der Waals surface area contributed by atoms with Crippen LogP contribution in [0, 0.1) is 0 Å². The molecule has 4 atom stereocenters. The molecule has 2 aliphatic rings. The molecule has 0 radical (unpaired) electrons. The Balaban J connectivity index is 1.70. The highest BCUT2D eigenvalue weighted by Gasteiger charge is 2.40. The number of nitrogens with two attached hydrogens (primary N) is 3. The summed E-state index contributed by atoms with van der Waals surface area (Å²) < 4.78 is 0. The molecular weight excluding hydrogens is 478 g/mol. The lowest BCUT2D eigenvalue weighted by atomic mass is 10.0. The molecule has 3 amide bonds. The van der Waals surface area contributed by atoms with Crippen LogP contribution in [0.3, 0.4) is 0 Å². The molecule has 1 aromatic rings. The lowest BCUT2D eigenvalue weighted by Crippen LogP contribution is -2.57. The predicted molar refractivity (Wildman–Crippen MR) is 137 cm³/mol. The van der Waals surface area contributed by atoms with Crippen molar-refractivity contribution < 1.29 is 24.3 Å². The van der Waals surface area contributed by atoms with Crippen molar-refractivity contribution in [3.63, 3.8) is 0 Å². The molecule has 3 rings (SSSR count). The first-order chi connectivity index (χ1) is 17.7. The maximum atomic E-state index is 13.5. The van der Waals surface area contributed by atoms with Crippen molar-refractivity contribution >= 4 is 29.7 Å². The van der Waals surface area contributed by atoms with E-state index in [4.69, 9.17) is 17.2 Å². The van der Waals surface area contributed by atoms with E-state index in [1.807, 2.05) is 30.3 Å². The van der Waals surface area contributed by atoms with Crippen LogP contribution in [0.1, 0.15) is 44.1 Å². The van der Waals surface area contributed by atoms with Crippen LogP contribution in [-0.4, -0.2) is 88.4 Å². The Morgan fingerprint density at radius 2 is 1.62 bits per heavy atom. The van der Waals surface area contributed by atoms with Crippen LogP contribution in [0.2, 0.25) is 0 Å². The molecule has 1 aromatic carbocycles. The molecule has 0 aliphatic carbocycles. The number of hydrogen-bond acceptors (Lipinski definition) is 6. The third-order valence-electron chi connectivity index (χ3n) is 6.84. The summed E-state index contributed by atoms with van der Waals surface area (Å²) in [5.74, 6) is -2.30. The highest BCUT2D eigenvalue weighted by Crippen LogP contribution is 2.22. The fraction of sp³-hybridized carbons (Fsp3) is 0.560. The zero-order valence-corrected chi connectivity index (χ0v) is 20.9. The number of carbonyl (C=O) groups is 4. The molecule has 4 unspecified atom stereocenters. The quantitative estimate of drug-likeness (QED) is 0.143. The first-order valence-electron chi connectivity index (χ1n) is 12.7. The molecule has 2 heterocycles. The number of hydrogen-bond donors (Lipinski definition) is 5. The zero-order chi connectivity index (χ0) is 26.9. The highest BCUT2D eigenvalue weighted by molar-refractivity contribution is 5.94. The van der Waals surface area contributed by atoms with Crippen LogP contribution in [0.4, 0.5) is 0 Å². The molecule has 202 valence electrons. The molecule has 0 saturated carbocycles. The number of carboxylic acids is 1. The third kappa shape index (κ3) is 7.42. The normalized spacial score (nSPS) is 20.8. The Labute approximate surface area is 216 Å². The minimum absolute atomic E-state index is 0.0283. The standard InChI is InChI=1S/C25H37N7O5/c26-17(9-4-12-29-25(27)28)22(34)31-13-5-10-19(31)21(33)30-18(15-16-7-2-1-3-8-16)23(35)32-14-6-11-20(32)24(36)37/h1-3,7-8,17-20H,4-6,9-15,26H2,(H,30,33)(H,36,37)(H4,27,28,29). The second kappa shape index (κ2) is 13.0. The van der Waals surface area contributed by atoms with Gasteiger partial charge in [0.25, 0.3) is 0 Å². The molecule has 12 heteroatoms. The number of aliphatic imine (C=N–C) groups is 1. The fourth-order valence-electron chi connectivity index (χ4n) is 4.96. The Morgan fingerprint density at radius 3 is 2.24 bits per heavy atom. The van der Waals surface area contributed by atoms with Crippen LogP contribution in [-0.2, 0) is 25.6 Å². The second-order valence-electron chi connectivity index (χ2n) is 9.52. The number of aliphatic carboxylic acids is 1. The minimum Gasteiger partial charge on any atom is -0.480 e. The highest BCUT2D eigenvalue weighted by atomic mass is 16.4. The van der Waals surface area contributed by atoms with Gasteiger partial charge in [-0.15, -0.1) is 0 Å². The number of nitrogens with one attached hydrogen (secondary N) is 1. The average Bonchev–Trinajstić information content (AvgIpc) is 3.56. The van der Waals surface area contributed by atoms with Crippen molar-refractivity contribution in [3.05, 3.63) is 35.9 Å². The predicted octanol–water partition coefficient (Wildman–Crippen LogP) is -0.839. The summed E-state index contributed by atoms with van der Waals surface area (Å²) in [6.07, 6.45) is 3.13. The number of guanidine groups is 1. The zero-order valence-electron chi connectivity index (χ0n) is 20.9. The van der Waals surface area contributed by atoms with Crippen molar-refractivity contribution in [2.24, 2.45) is 22.2 Å². The molecule has 2 fully saturated rings. The van der Waals surface area contributed by atoms with Crippen molar-refractivity contribution in [2.75, 3.05) is 19.6 Å². The van der Waals surface area contributed by atoms with Crippen molar-refractivity contribution in [1.29, 1.82) is 0 Å². The second-order valence-corrected chi connectivity index (χ2v) is 9.52. The summed E-state index contributed by atoms with van der Waals surface area (Å²) in [6, 6.07) is 5.78. The lowest BCUT2D eigenvalue weighted by Gasteiger charge is -2.30. The van der Waals surface area contributed by atoms with Gasteiger partial charge in [0.2, 0.25) is 17.7 Å². The van der Waals surface area contributed by atoms with E-state index >= 15 is 0 Å². The molecule has 0 bridgehead atoms. The molecular formula is C25H37N7O5. The molecule has 37 heavy (non-hydrogen) atoms. The van der Waals surface area contributed by atoms with E-state index in [0.717, 1.165) is 5.56 Å². The van der Waals surface area contributed by atoms with Gasteiger partial charge < -0.3 is 37.4 Å². The van der Waals surface area contributed by atoms with Crippen LogP contribution >= 0.6 is 0 Å². The van der Waals surface area contributed by atoms with E-state index in [-0.39, 0.29) is 18.3 Å². The number of carboxylic acid groups (broad SMARTS) is 1.